The van der Waals surface area contributed by atoms with E-state index in [9.17, 15) is 14.4 Å². The molecule has 0 aliphatic heterocycles. The number of unbranched alkanes of at least 4 members (excludes halogenated alkanes) is 22. The zero-order valence-electron chi connectivity index (χ0n) is 43.6. The summed E-state index contributed by atoms with van der Waals surface area (Å²) in [6.45, 7) is 6.43. The van der Waals surface area contributed by atoms with Crippen molar-refractivity contribution in [3.63, 3.8) is 0 Å². The second-order valence-electron chi connectivity index (χ2n) is 18.1. The lowest BCUT2D eigenvalue weighted by atomic mass is 10.0. The molecule has 0 fully saturated rings. The van der Waals surface area contributed by atoms with Gasteiger partial charge in [0.25, 0.3) is 0 Å². The molecule has 6 nitrogen and oxygen atoms in total. The van der Waals surface area contributed by atoms with Crippen LogP contribution in [0.4, 0.5) is 0 Å². The minimum atomic E-state index is -0.820. The summed E-state index contributed by atoms with van der Waals surface area (Å²) in [5.74, 6) is -1.000. The van der Waals surface area contributed by atoms with Crippen molar-refractivity contribution >= 4 is 17.9 Å². The molecule has 6 heteroatoms. The first-order valence-corrected chi connectivity index (χ1v) is 27.7. The van der Waals surface area contributed by atoms with Crippen molar-refractivity contribution in [3.05, 3.63) is 97.2 Å². The summed E-state index contributed by atoms with van der Waals surface area (Å²) in [4.78, 5) is 38.1. The number of hydrogen-bond donors (Lipinski definition) is 0. The van der Waals surface area contributed by atoms with Crippen LogP contribution in [0.5, 0.6) is 0 Å². The standard InChI is InChI=1S/C61H102O6/c1-4-7-10-13-16-19-22-25-27-29-30-32-34-37-40-43-46-49-52-55-61(64)67-58(56-65-59(62)53-50-47-44-41-38-35-24-21-18-15-12-9-6-3)57-66-60(63)54-51-48-45-42-39-36-33-31-28-26-23-20-17-14-11-8-5-2/h7,10,16-17,19-20,25-28,30,32,37,40,46,49,58H,4-6,8-9,11-15,18,21-24,29,31,33-36,38-39,41-45,47-48,50-57H2,1-3H3/b10-7-,19-16-,20-17-,27-25-,28-26-,32-30-,40-37-,49-46-/t58-/m0/s1. The van der Waals surface area contributed by atoms with Gasteiger partial charge in [-0.1, -0.05) is 240 Å². The minimum Gasteiger partial charge on any atom is -0.462 e. The smallest absolute Gasteiger partial charge is 0.306 e. The van der Waals surface area contributed by atoms with E-state index in [2.05, 4.69) is 112 Å². The molecule has 0 aliphatic rings. The van der Waals surface area contributed by atoms with Gasteiger partial charge in [0.05, 0.1) is 0 Å². The highest BCUT2D eigenvalue weighted by molar-refractivity contribution is 5.71. The molecule has 0 rings (SSSR count). The second kappa shape index (κ2) is 54.9. The average molecular weight is 931 g/mol. The third kappa shape index (κ3) is 53.2. The molecule has 0 saturated carbocycles. The van der Waals surface area contributed by atoms with E-state index in [-0.39, 0.29) is 31.6 Å². The highest BCUT2D eigenvalue weighted by Gasteiger charge is 2.19. The molecule has 382 valence electrons. The van der Waals surface area contributed by atoms with Crippen molar-refractivity contribution in [1.82, 2.24) is 0 Å². The Bertz CT molecular complexity index is 1350. The molecule has 1 atom stereocenters. The molecule has 0 saturated heterocycles. The molecular weight excluding hydrogens is 829 g/mol. The fourth-order valence-corrected chi connectivity index (χ4v) is 7.44. The summed E-state index contributed by atoms with van der Waals surface area (Å²) in [6, 6.07) is 0. The molecule has 0 amide bonds. The largest absolute Gasteiger partial charge is 0.462 e. The van der Waals surface area contributed by atoms with Crippen molar-refractivity contribution in [3.8, 4) is 0 Å². The predicted octanol–water partition coefficient (Wildman–Crippen LogP) is 18.5. The first-order chi connectivity index (χ1) is 33.0. The topological polar surface area (TPSA) is 78.9 Å². The van der Waals surface area contributed by atoms with Crippen LogP contribution >= 0.6 is 0 Å². The Morgan fingerprint density at radius 2 is 0.612 bits per heavy atom. The van der Waals surface area contributed by atoms with Gasteiger partial charge < -0.3 is 14.2 Å². The summed E-state index contributed by atoms with van der Waals surface area (Å²) >= 11 is 0. The Morgan fingerprint density at radius 3 is 1.00 bits per heavy atom. The number of carbonyl (C=O) groups excluding carboxylic acids is 3. The van der Waals surface area contributed by atoms with E-state index in [1.165, 1.54) is 116 Å². The van der Waals surface area contributed by atoms with Gasteiger partial charge in [0.2, 0.25) is 0 Å². The fraction of sp³-hybridized carbons (Fsp3) is 0.689. The van der Waals surface area contributed by atoms with E-state index in [0.29, 0.717) is 19.3 Å². The van der Waals surface area contributed by atoms with E-state index in [1.54, 1.807) is 0 Å². The number of hydrogen-bond acceptors (Lipinski definition) is 6. The van der Waals surface area contributed by atoms with Crippen LogP contribution in [-0.4, -0.2) is 37.2 Å². The third-order valence-corrected chi connectivity index (χ3v) is 11.6. The number of esters is 3. The van der Waals surface area contributed by atoms with Crippen LogP contribution in [0, 0.1) is 0 Å². The first kappa shape index (κ1) is 63.3. The Kier molecular flexibility index (Phi) is 51.9. The van der Waals surface area contributed by atoms with Crippen molar-refractivity contribution < 1.29 is 28.6 Å². The summed E-state index contributed by atoms with van der Waals surface area (Å²) in [5.41, 5.74) is 0. The maximum Gasteiger partial charge on any atom is 0.306 e. The zero-order valence-corrected chi connectivity index (χ0v) is 43.6. The lowest BCUT2D eigenvalue weighted by Gasteiger charge is -2.18. The van der Waals surface area contributed by atoms with Gasteiger partial charge in [-0.2, -0.15) is 0 Å². The van der Waals surface area contributed by atoms with Crippen LogP contribution in [0.2, 0.25) is 0 Å². The lowest BCUT2D eigenvalue weighted by Crippen LogP contribution is -2.30. The molecule has 0 bridgehead atoms. The molecule has 0 aromatic heterocycles. The Balaban J connectivity index is 4.51. The Morgan fingerprint density at radius 1 is 0.313 bits per heavy atom. The molecule has 0 radical (unpaired) electrons. The summed E-state index contributed by atoms with van der Waals surface area (Å²) in [7, 11) is 0. The Labute approximate surface area is 413 Å². The van der Waals surface area contributed by atoms with Crippen LogP contribution < -0.4 is 0 Å². The first-order valence-electron chi connectivity index (χ1n) is 27.7. The molecule has 0 heterocycles. The van der Waals surface area contributed by atoms with E-state index in [1.807, 2.05) is 6.08 Å². The SMILES string of the molecule is CC/C=C\C/C=C\C/C=C\C/C=C\C/C=C\C/C=C\CCC(=O)O[C@H](COC(=O)CCCCCCCCC/C=C\C/C=C\CCCCC)COC(=O)CCCCCCCCCCCCCCC. The molecule has 0 aromatic carbocycles. The van der Waals surface area contributed by atoms with Crippen molar-refractivity contribution in [2.45, 2.75) is 258 Å². The maximum absolute atomic E-state index is 12.8. The van der Waals surface area contributed by atoms with Crippen molar-refractivity contribution in [1.29, 1.82) is 0 Å². The molecule has 0 aromatic rings. The van der Waals surface area contributed by atoms with E-state index < -0.39 is 12.1 Å². The molecule has 0 spiro atoms. The number of ether oxygens (including phenoxy) is 3. The van der Waals surface area contributed by atoms with Crippen LogP contribution in [0.15, 0.2) is 97.2 Å². The van der Waals surface area contributed by atoms with Crippen LogP contribution in [-0.2, 0) is 28.6 Å². The van der Waals surface area contributed by atoms with Gasteiger partial charge in [-0.05, 0) is 89.9 Å². The molecule has 0 unspecified atom stereocenters. The second-order valence-corrected chi connectivity index (χ2v) is 18.1. The van der Waals surface area contributed by atoms with Crippen molar-refractivity contribution in [2.75, 3.05) is 13.2 Å². The zero-order chi connectivity index (χ0) is 48.6. The van der Waals surface area contributed by atoms with Crippen LogP contribution in [0.1, 0.15) is 252 Å². The molecule has 0 N–H and O–H groups in total. The van der Waals surface area contributed by atoms with Gasteiger partial charge in [-0.3, -0.25) is 14.4 Å². The van der Waals surface area contributed by atoms with Gasteiger partial charge in [0.15, 0.2) is 6.10 Å². The normalized spacial score (nSPS) is 12.8. The van der Waals surface area contributed by atoms with Crippen LogP contribution in [0.25, 0.3) is 0 Å². The van der Waals surface area contributed by atoms with E-state index in [4.69, 9.17) is 14.2 Å². The van der Waals surface area contributed by atoms with Gasteiger partial charge >= 0.3 is 17.9 Å². The third-order valence-electron chi connectivity index (χ3n) is 11.6. The average Bonchev–Trinajstić information content (AvgIpc) is 3.33. The quantitative estimate of drug-likeness (QED) is 0.0262. The van der Waals surface area contributed by atoms with Gasteiger partial charge in [0, 0.05) is 19.3 Å². The summed E-state index contributed by atoms with van der Waals surface area (Å²) < 4.78 is 16.8. The highest BCUT2D eigenvalue weighted by atomic mass is 16.6. The minimum absolute atomic E-state index is 0.109. The highest BCUT2D eigenvalue weighted by Crippen LogP contribution is 2.15. The number of rotatable bonds is 49. The molecule has 0 aliphatic carbocycles. The molecular formula is C61H102O6. The van der Waals surface area contributed by atoms with Gasteiger partial charge in [0.1, 0.15) is 13.2 Å². The lowest BCUT2D eigenvalue weighted by molar-refractivity contribution is -0.166. The summed E-state index contributed by atoms with van der Waals surface area (Å²) in [6.07, 6.45) is 72.6. The predicted molar refractivity (Wildman–Crippen MR) is 288 cm³/mol. The van der Waals surface area contributed by atoms with Gasteiger partial charge in [-0.25, -0.2) is 0 Å². The van der Waals surface area contributed by atoms with Crippen molar-refractivity contribution in [2.24, 2.45) is 0 Å². The Hall–Kier alpha value is -3.67. The monoisotopic (exact) mass is 931 g/mol. The number of carbonyl (C=O) groups is 3. The molecule has 67 heavy (non-hydrogen) atoms. The van der Waals surface area contributed by atoms with E-state index in [0.717, 1.165) is 89.9 Å². The number of allylic oxidation sites excluding steroid dienone is 16. The van der Waals surface area contributed by atoms with Crippen LogP contribution in [0.3, 0.4) is 0 Å². The maximum atomic E-state index is 12.8. The fourth-order valence-electron chi connectivity index (χ4n) is 7.44. The van der Waals surface area contributed by atoms with Gasteiger partial charge in [-0.15, -0.1) is 0 Å². The van der Waals surface area contributed by atoms with E-state index >= 15 is 0 Å². The summed E-state index contributed by atoms with van der Waals surface area (Å²) in [5, 5.41) is 0.